The maximum atomic E-state index is 12.5. The van der Waals surface area contributed by atoms with E-state index in [2.05, 4.69) is 9.64 Å². The lowest BCUT2D eigenvalue weighted by Crippen LogP contribution is -2.54. The van der Waals surface area contributed by atoms with E-state index in [-0.39, 0.29) is 12.3 Å². The summed E-state index contributed by atoms with van der Waals surface area (Å²) in [5.41, 5.74) is 1.95. The molecule has 1 aliphatic rings. The number of carbonyl (C=O) groups is 3. The molecule has 0 unspecified atom stereocenters. The number of carbonyl (C=O) groups excluding carboxylic acids is 3. The third-order valence-electron chi connectivity index (χ3n) is 4.83. The fourth-order valence-corrected chi connectivity index (χ4v) is 4.02. The van der Waals surface area contributed by atoms with Crippen molar-refractivity contribution in [3.05, 3.63) is 57.3 Å². The van der Waals surface area contributed by atoms with E-state index in [1.54, 1.807) is 36.5 Å². The molecule has 1 fully saturated rings. The van der Waals surface area contributed by atoms with Gasteiger partial charge >= 0.3 is 12.4 Å². The Kier molecular flexibility index (Phi) is 8.25. The molecule has 0 aliphatic carbocycles. The van der Waals surface area contributed by atoms with Crippen LogP contribution in [0.5, 0.6) is 0 Å². The van der Waals surface area contributed by atoms with Gasteiger partial charge < -0.3 is 9.47 Å². The molecule has 2 heterocycles. The van der Waals surface area contributed by atoms with E-state index >= 15 is 0 Å². The molecule has 3 rings (SSSR count). The summed E-state index contributed by atoms with van der Waals surface area (Å²) in [4.78, 5) is 36.5. The summed E-state index contributed by atoms with van der Waals surface area (Å²) in [6.07, 6.45) is 0. The van der Waals surface area contributed by atoms with Crippen molar-refractivity contribution >= 4 is 29.6 Å². The average Bonchev–Trinajstić information content (AvgIpc) is 3.15. The van der Waals surface area contributed by atoms with Crippen LogP contribution in [0, 0.1) is 13.8 Å². The lowest BCUT2D eigenvalue weighted by Gasteiger charge is -2.39. The largest absolute Gasteiger partial charge is 0.392 e. The van der Waals surface area contributed by atoms with Gasteiger partial charge in [0.05, 0.1) is 29.2 Å². The molecule has 0 N–H and O–H groups in total. The monoisotopic (exact) mass is 417 g/mol. The number of nitrogens with zero attached hydrogens (tertiary/aromatic N) is 1. The highest BCUT2D eigenvalue weighted by molar-refractivity contribution is 7.12. The molecule has 156 valence electrons. The smallest absolute Gasteiger partial charge is 0.345 e. The number of hydrogen-bond donors (Lipinski definition) is 0. The van der Waals surface area contributed by atoms with Crippen molar-refractivity contribution in [3.63, 3.8) is 0 Å². The predicted octanol–water partition coefficient (Wildman–Crippen LogP) is 3.66. The summed E-state index contributed by atoms with van der Waals surface area (Å²) < 4.78 is 9.52. The van der Waals surface area contributed by atoms with Crippen molar-refractivity contribution in [2.45, 2.75) is 33.2 Å². The van der Waals surface area contributed by atoms with Gasteiger partial charge in [-0.15, -0.1) is 11.3 Å². The number of rotatable bonds is 5. The zero-order valence-corrected chi connectivity index (χ0v) is 18.1. The van der Waals surface area contributed by atoms with Gasteiger partial charge in [0.25, 0.3) is 0 Å². The second kappa shape index (κ2) is 10.4. The first kappa shape index (κ1) is 22.9. The summed E-state index contributed by atoms with van der Waals surface area (Å²) in [6.45, 7) is 11.1. The van der Waals surface area contributed by atoms with Gasteiger partial charge in [0.2, 0.25) is 0 Å². The zero-order valence-electron chi connectivity index (χ0n) is 17.3. The van der Waals surface area contributed by atoms with Gasteiger partial charge in [-0.25, -0.2) is 4.79 Å². The van der Waals surface area contributed by atoms with Crippen LogP contribution in [0.15, 0.2) is 35.7 Å². The van der Waals surface area contributed by atoms with Crippen LogP contribution < -0.4 is 0 Å². The van der Waals surface area contributed by atoms with Crippen molar-refractivity contribution < 1.29 is 23.9 Å². The lowest BCUT2D eigenvalue weighted by atomic mass is 9.94. The summed E-state index contributed by atoms with van der Waals surface area (Å²) in [5, 5.41) is 2.03. The van der Waals surface area contributed by atoms with Gasteiger partial charge in [-0.3, -0.25) is 14.5 Å². The summed E-state index contributed by atoms with van der Waals surface area (Å²) >= 11 is 1.54. The van der Waals surface area contributed by atoms with Crippen molar-refractivity contribution in [1.29, 1.82) is 0 Å². The molecule has 29 heavy (non-hydrogen) atoms. The van der Waals surface area contributed by atoms with Gasteiger partial charge in [0, 0.05) is 13.1 Å². The van der Waals surface area contributed by atoms with Crippen LogP contribution in [0.1, 0.15) is 45.0 Å². The molecule has 6 nitrogen and oxygen atoms in total. The van der Waals surface area contributed by atoms with Crippen molar-refractivity contribution in [1.82, 2.24) is 4.90 Å². The molecule has 7 heteroatoms. The number of esters is 1. The predicted molar refractivity (Wildman–Crippen MR) is 113 cm³/mol. The second-order valence-electron chi connectivity index (χ2n) is 7.29. The van der Waals surface area contributed by atoms with Crippen molar-refractivity contribution in [2.75, 3.05) is 26.3 Å². The van der Waals surface area contributed by atoms with Gasteiger partial charge in [-0.05, 0) is 56.3 Å². The minimum Gasteiger partial charge on any atom is -0.392 e. The Balaban J connectivity index is 0.000000221. The second-order valence-corrected chi connectivity index (χ2v) is 8.20. The molecular formula is C22H27NO5S. The highest BCUT2D eigenvalue weighted by Gasteiger charge is 2.36. The fourth-order valence-electron chi connectivity index (χ4n) is 3.03. The number of morpholine rings is 1. The Morgan fingerprint density at radius 3 is 2.38 bits per heavy atom. The minimum absolute atomic E-state index is 0.134. The van der Waals surface area contributed by atoms with Crippen LogP contribution in [0.3, 0.4) is 0 Å². The number of thiophene rings is 1. The Hall–Kier alpha value is -2.35. The van der Waals surface area contributed by atoms with Crippen molar-refractivity contribution in [3.8, 4) is 0 Å². The number of ether oxygens (including phenoxy) is 2. The quantitative estimate of drug-likeness (QED) is 0.320. The van der Waals surface area contributed by atoms with Gasteiger partial charge in [-0.2, -0.15) is 0 Å². The molecule has 1 saturated heterocycles. The van der Waals surface area contributed by atoms with Gasteiger partial charge in [0.1, 0.15) is 0 Å². The Bertz CT molecular complexity index is 852. The molecule has 0 atom stereocenters. The van der Waals surface area contributed by atoms with Crippen LogP contribution in [-0.2, 0) is 14.3 Å². The van der Waals surface area contributed by atoms with Gasteiger partial charge in [-0.1, -0.05) is 18.2 Å². The summed E-state index contributed by atoms with van der Waals surface area (Å²) in [5.74, 6) is -0.388. The molecule has 0 saturated carbocycles. The van der Waals surface area contributed by atoms with E-state index in [4.69, 9.17) is 4.74 Å². The summed E-state index contributed by atoms with van der Waals surface area (Å²) in [6, 6.07) is 8.90. The standard InChI is InChI=1S/C13H19NO2S.C9H8O3/c1-10-8-11(17-9-10)12(15)13(2,3)14-4-6-16-7-5-14;1-7-4-2-3-5-8(7)9(11)12-6-10/h8-9H,4-7H2,1-3H3;2-6H,1H3. The first-order chi connectivity index (χ1) is 13.8. The van der Waals surface area contributed by atoms with E-state index in [1.807, 2.05) is 38.3 Å². The number of benzene rings is 1. The van der Waals surface area contributed by atoms with E-state index in [1.165, 1.54) is 0 Å². The molecule has 2 aromatic rings. The zero-order chi connectivity index (χ0) is 21.4. The average molecular weight is 418 g/mol. The van der Waals surface area contributed by atoms with E-state index in [0.29, 0.717) is 5.56 Å². The topological polar surface area (TPSA) is 72.9 Å². The Morgan fingerprint density at radius 1 is 1.17 bits per heavy atom. The third-order valence-corrected chi connectivity index (χ3v) is 5.88. The molecule has 0 spiro atoms. The highest BCUT2D eigenvalue weighted by atomic mass is 32.1. The Labute approximate surface area is 175 Å². The molecular weight excluding hydrogens is 390 g/mol. The normalized spacial score (nSPS) is 14.5. The van der Waals surface area contributed by atoms with Gasteiger partial charge in [0.15, 0.2) is 5.78 Å². The fraction of sp³-hybridized carbons (Fsp3) is 0.409. The molecule has 0 amide bonds. The number of Topliss-reactive ketones (excluding diaryl/α,β-unsaturated/α-hetero) is 1. The minimum atomic E-state index is -0.608. The molecule has 0 bridgehead atoms. The van der Waals surface area contributed by atoms with E-state index in [0.717, 1.165) is 42.3 Å². The van der Waals surface area contributed by atoms with E-state index in [9.17, 15) is 14.4 Å². The first-order valence-corrected chi connectivity index (χ1v) is 10.3. The van der Waals surface area contributed by atoms with Crippen LogP contribution in [0.4, 0.5) is 0 Å². The molecule has 1 aliphatic heterocycles. The van der Waals surface area contributed by atoms with Crippen LogP contribution >= 0.6 is 11.3 Å². The number of ketones is 1. The van der Waals surface area contributed by atoms with E-state index < -0.39 is 11.5 Å². The molecule has 0 radical (unpaired) electrons. The molecule has 1 aromatic carbocycles. The lowest BCUT2D eigenvalue weighted by molar-refractivity contribution is -0.123. The van der Waals surface area contributed by atoms with Crippen LogP contribution in [-0.4, -0.2) is 55.0 Å². The van der Waals surface area contributed by atoms with Crippen LogP contribution in [0.25, 0.3) is 0 Å². The first-order valence-electron chi connectivity index (χ1n) is 9.40. The number of hydrogen-bond acceptors (Lipinski definition) is 7. The maximum Gasteiger partial charge on any atom is 0.345 e. The highest BCUT2D eigenvalue weighted by Crippen LogP contribution is 2.25. The molecule has 1 aromatic heterocycles. The third kappa shape index (κ3) is 6.06. The maximum absolute atomic E-state index is 12.5. The summed E-state index contributed by atoms with van der Waals surface area (Å²) in [7, 11) is 0. The van der Waals surface area contributed by atoms with Crippen LogP contribution in [0.2, 0.25) is 0 Å². The Morgan fingerprint density at radius 2 is 1.83 bits per heavy atom. The van der Waals surface area contributed by atoms with Crippen molar-refractivity contribution in [2.24, 2.45) is 0 Å². The number of aryl methyl sites for hydroxylation is 2. The SMILES string of the molecule is Cc1ccccc1C(=O)OC=O.Cc1csc(C(=O)C(C)(C)N2CCOCC2)c1.